The lowest BCUT2D eigenvalue weighted by Gasteiger charge is -2.23. The minimum Gasteiger partial charge on any atom is -0.263 e. The van der Waals surface area contributed by atoms with Crippen LogP contribution in [0.1, 0.15) is 0 Å². The molecule has 0 radical (unpaired) electrons. The summed E-state index contributed by atoms with van der Waals surface area (Å²) in [6.07, 6.45) is 1.46. The lowest BCUT2D eigenvalue weighted by atomic mass is 10.3. The highest BCUT2D eigenvalue weighted by atomic mass is 35.5. The van der Waals surface area contributed by atoms with E-state index in [-0.39, 0.29) is 17.1 Å². The number of hydrogen-bond acceptors (Lipinski definition) is 4. The Kier molecular flexibility index (Phi) is 5.02. The number of nitro benzene ring substituents is 1. The zero-order valence-corrected chi connectivity index (χ0v) is 13.5. The van der Waals surface area contributed by atoms with Crippen molar-refractivity contribution >= 4 is 33.0 Å². The van der Waals surface area contributed by atoms with Crippen LogP contribution in [0.25, 0.3) is 0 Å². The zero-order valence-electron chi connectivity index (χ0n) is 11.9. The quantitative estimate of drug-likeness (QED) is 0.451. The second-order valence-corrected chi connectivity index (χ2v) is 6.85. The van der Waals surface area contributed by atoms with Crippen LogP contribution < -0.4 is 4.31 Å². The first-order valence-corrected chi connectivity index (χ1v) is 8.31. The van der Waals surface area contributed by atoms with Gasteiger partial charge in [0, 0.05) is 17.2 Å². The Hall–Kier alpha value is -2.38. The molecule has 0 aliphatic heterocycles. The van der Waals surface area contributed by atoms with Crippen molar-refractivity contribution in [2.75, 3.05) is 10.8 Å². The van der Waals surface area contributed by atoms with Crippen molar-refractivity contribution in [2.45, 2.75) is 4.90 Å². The fourth-order valence-corrected chi connectivity index (χ4v) is 3.50. The SMILES string of the molecule is C=CCN(c1ccc(Cl)cc1)S(=O)(=O)c1ccc([N+](=O)[O-])cc1. The molecule has 2 aromatic carbocycles. The van der Waals surface area contributed by atoms with E-state index >= 15 is 0 Å². The third-order valence-electron chi connectivity index (χ3n) is 3.05. The first-order chi connectivity index (χ1) is 10.9. The van der Waals surface area contributed by atoms with E-state index in [2.05, 4.69) is 6.58 Å². The average Bonchev–Trinajstić information content (AvgIpc) is 2.53. The first kappa shape index (κ1) is 17.0. The molecule has 0 aromatic heterocycles. The van der Waals surface area contributed by atoms with Crippen molar-refractivity contribution in [3.63, 3.8) is 0 Å². The molecule has 6 nitrogen and oxygen atoms in total. The van der Waals surface area contributed by atoms with Gasteiger partial charge in [-0.15, -0.1) is 6.58 Å². The van der Waals surface area contributed by atoms with E-state index < -0.39 is 14.9 Å². The fraction of sp³-hybridized carbons (Fsp3) is 0.0667. The molecule has 0 amide bonds. The molecule has 0 saturated carbocycles. The van der Waals surface area contributed by atoms with Gasteiger partial charge in [-0.1, -0.05) is 17.7 Å². The van der Waals surface area contributed by atoms with Crippen molar-refractivity contribution in [2.24, 2.45) is 0 Å². The molecule has 2 aromatic rings. The summed E-state index contributed by atoms with van der Waals surface area (Å²) in [5, 5.41) is 11.2. The third-order valence-corrected chi connectivity index (χ3v) is 5.11. The molecule has 23 heavy (non-hydrogen) atoms. The number of rotatable bonds is 6. The van der Waals surface area contributed by atoms with Gasteiger partial charge in [-0.25, -0.2) is 8.42 Å². The number of anilines is 1. The highest BCUT2D eigenvalue weighted by molar-refractivity contribution is 7.92. The van der Waals surface area contributed by atoms with E-state index in [0.29, 0.717) is 10.7 Å². The highest BCUT2D eigenvalue weighted by Gasteiger charge is 2.24. The molecule has 8 heteroatoms. The van der Waals surface area contributed by atoms with Crippen LogP contribution in [-0.4, -0.2) is 19.9 Å². The van der Waals surface area contributed by atoms with Crippen LogP contribution in [0, 0.1) is 10.1 Å². The minimum absolute atomic E-state index is 0.0418. The smallest absolute Gasteiger partial charge is 0.263 e. The molecule has 0 aliphatic rings. The molecule has 0 bridgehead atoms. The Labute approximate surface area is 138 Å². The molecule has 120 valence electrons. The van der Waals surface area contributed by atoms with Crippen LogP contribution >= 0.6 is 11.6 Å². The largest absolute Gasteiger partial charge is 0.269 e. The van der Waals surface area contributed by atoms with Crippen LogP contribution in [0.15, 0.2) is 66.1 Å². The molecular formula is C15H13ClN2O4S. The topological polar surface area (TPSA) is 80.5 Å². The fourth-order valence-electron chi connectivity index (χ4n) is 1.93. The molecule has 0 atom stereocenters. The van der Waals surface area contributed by atoms with Crippen LogP contribution in [0.5, 0.6) is 0 Å². The molecule has 2 rings (SSSR count). The summed E-state index contributed by atoms with van der Waals surface area (Å²) < 4.78 is 26.7. The normalized spacial score (nSPS) is 11.0. The van der Waals surface area contributed by atoms with Gasteiger partial charge in [0.05, 0.1) is 22.1 Å². The van der Waals surface area contributed by atoms with Gasteiger partial charge in [0.1, 0.15) is 0 Å². The Morgan fingerprint density at radius 3 is 2.17 bits per heavy atom. The Balaban J connectivity index is 2.45. The maximum absolute atomic E-state index is 12.8. The molecule has 0 fully saturated rings. The monoisotopic (exact) mass is 352 g/mol. The van der Waals surface area contributed by atoms with Gasteiger partial charge in [0.15, 0.2) is 0 Å². The Morgan fingerprint density at radius 1 is 1.13 bits per heavy atom. The number of benzene rings is 2. The van der Waals surface area contributed by atoms with Gasteiger partial charge in [0.2, 0.25) is 0 Å². The van der Waals surface area contributed by atoms with Crippen LogP contribution in [-0.2, 0) is 10.0 Å². The second kappa shape index (κ2) is 6.80. The summed E-state index contributed by atoms with van der Waals surface area (Å²) in [5.41, 5.74) is 0.248. The van der Waals surface area contributed by atoms with E-state index in [4.69, 9.17) is 11.6 Å². The van der Waals surface area contributed by atoms with Crippen molar-refractivity contribution in [3.05, 3.63) is 76.3 Å². The molecular weight excluding hydrogens is 340 g/mol. The van der Waals surface area contributed by atoms with Crippen molar-refractivity contribution in [3.8, 4) is 0 Å². The lowest BCUT2D eigenvalue weighted by molar-refractivity contribution is -0.384. The van der Waals surface area contributed by atoms with Crippen molar-refractivity contribution in [1.82, 2.24) is 0 Å². The summed E-state index contributed by atoms with van der Waals surface area (Å²) in [6.45, 7) is 3.62. The second-order valence-electron chi connectivity index (χ2n) is 4.55. The summed E-state index contributed by atoms with van der Waals surface area (Å²) in [4.78, 5) is 10.0. The number of halogens is 1. The van der Waals surface area contributed by atoms with Crippen molar-refractivity contribution in [1.29, 1.82) is 0 Å². The maximum Gasteiger partial charge on any atom is 0.269 e. The maximum atomic E-state index is 12.8. The predicted octanol–water partition coefficient (Wildman–Crippen LogP) is 3.63. The standard InChI is InChI=1S/C15H13ClN2O4S/c1-2-11-17(13-5-3-12(16)4-6-13)23(21,22)15-9-7-14(8-10-15)18(19)20/h2-10H,1,11H2. The Morgan fingerprint density at radius 2 is 1.70 bits per heavy atom. The molecule has 0 saturated heterocycles. The summed E-state index contributed by atoms with van der Waals surface area (Å²) in [5.74, 6) is 0. The molecule has 0 heterocycles. The molecule has 0 spiro atoms. The summed E-state index contributed by atoms with van der Waals surface area (Å²) in [7, 11) is -3.88. The van der Waals surface area contributed by atoms with Gasteiger partial charge < -0.3 is 0 Å². The van der Waals surface area contributed by atoms with E-state index in [1.165, 1.54) is 18.2 Å². The van der Waals surface area contributed by atoms with Crippen LogP contribution in [0.4, 0.5) is 11.4 Å². The zero-order chi connectivity index (χ0) is 17.0. The molecule has 0 N–H and O–H groups in total. The van der Waals surface area contributed by atoms with E-state index in [0.717, 1.165) is 16.4 Å². The van der Waals surface area contributed by atoms with E-state index in [9.17, 15) is 18.5 Å². The Bertz CT molecular complexity index is 818. The predicted molar refractivity (Wildman–Crippen MR) is 89.3 cm³/mol. The number of sulfonamides is 1. The van der Waals surface area contributed by atoms with Crippen LogP contribution in [0.2, 0.25) is 5.02 Å². The highest BCUT2D eigenvalue weighted by Crippen LogP contribution is 2.26. The van der Waals surface area contributed by atoms with Gasteiger partial charge in [0.25, 0.3) is 15.7 Å². The van der Waals surface area contributed by atoms with Gasteiger partial charge in [-0.3, -0.25) is 14.4 Å². The first-order valence-electron chi connectivity index (χ1n) is 6.50. The lowest BCUT2D eigenvalue weighted by Crippen LogP contribution is -2.31. The number of hydrogen-bond donors (Lipinski definition) is 0. The third kappa shape index (κ3) is 3.69. The minimum atomic E-state index is -3.88. The van der Waals surface area contributed by atoms with Gasteiger partial charge in [-0.2, -0.15) is 0 Å². The van der Waals surface area contributed by atoms with Gasteiger partial charge >= 0.3 is 0 Å². The number of non-ortho nitro benzene ring substituents is 1. The number of nitrogens with zero attached hydrogens (tertiary/aromatic N) is 2. The molecule has 0 unspecified atom stereocenters. The van der Waals surface area contributed by atoms with Crippen molar-refractivity contribution < 1.29 is 13.3 Å². The van der Waals surface area contributed by atoms with Gasteiger partial charge in [-0.05, 0) is 36.4 Å². The summed E-state index contributed by atoms with van der Waals surface area (Å²) >= 11 is 5.82. The number of nitro groups is 1. The average molecular weight is 353 g/mol. The summed E-state index contributed by atoms with van der Waals surface area (Å²) in [6, 6.07) is 11.0. The molecule has 0 aliphatic carbocycles. The van der Waals surface area contributed by atoms with E-state index in [1.54, 1.807) is 24.3 Å². The van der Waals surface area contributed by atoms with E-state index in [1.807, 2.05) is 0 Å². The van der Waals surface area contributed by atoms with Crippen LogP contribution in [0.3, 0.4) is 0 Å².